The molecule has 1 N–H and O–H groups in total. The number of carbonyl (C=O) groups excluding carboxylic acids is 1. The number of aryl methyl sites for hydroxylation is 1. The highest BCUT2D eigenvalue weighted by Gasteiger charge is 2.11. The lowest BCUT2D eigenvalue weighted by molar-refractivity contribution is 0.0953. The molecule has 0 saturated heterocycles. The predicted molar refractivity (Wildman–Crippen MR) is 133 cm³/mol. The number of ether oxygens (including phenoxy) is 1. The third kappa shape index (κ3) is 5.93. The van der Waals surface area contributed by atoms with Crippen molar-refractivity contribution in [3.63, 3.8) is 0 Å². The van der Waals surface area contributed by atoms with E-state index in [0.29, 0.717) is 17.1 Å². The van der Waals surface area contributed by atoms with E-state index in [1.54, 1.807) is 31.4 Å². The van der Waals surface area contributed by atoms with Crippen LogP contribution in [0.4, 0.5) is 0 Å². The molecule has 5 nitrogen and oxygen atoms in total. The summed E-state index contributed by atoms with van der Waals surface area (Å²) in [5.41, 5.74) is 3.98. The molecule has 0 atom stereocenters. The summed E-state index contributed by atoms with van der Waals surface area (Å²) >= 11 is 5.96. The van der Waals surface area contributed by atoms with Gasteiger partial charge in [0.05, 0.1) is 18.1 Å². The third-order valence-electron chi connectivity index (χ3n) is 5.68. The molecule has 0 aliphatic heterocycles. The first kappa shape index (κ1) is 22.9. The highest BCUT2D eigenvalue weighted by molar-refractivity contribution is 6.30. The third-order valence-corrected chi connectivity index (χ3v) is 5.92. The number of fused-ring (bicyclic) bond motifs is 1. The Morgan fingerprint density at radius 2 is 1.82 bits per heavy atom. The number of hydrogen-bond acceptors (Lipinski definition) is 3. The van der Waals surface area contributed by atoms with Crippen LogP contribution in [0.25, 0.3) is 11.0 Å². The molecule has 0 bridgehead atoms. The van der Waals surface area contributed by atoms with E-state index in [-0.39, 0.29) is 5.91 Å². The Balaban J connectivity index is 1.32. The smallest absolute Gasteiger partial charge is 0.251 e. The number of amides is 1. The van der Waals surface area contributed by atoms with Gasteiger partial charge in [0.2, 0.25) is 0 Å². The topological polar surface area (TPSA) is 56.1 Å². The molecule has 3 aromatic carbocycles. The monoisotopic (exact) mass is 461 g/mol. The van der Waals surface area contributed by atoms with E-state index in [2.05, 4.69) is 40.2 Å². The molecular formula is C27H28ClN3O2. The minimum absolute atomic E-state index is 0.0845. The van der Waals surface area contributed by atoms with Crippen LogP contribution in [0.15, 0.2) is 72.8 Å². The molecule has 0 aliphatic carbocycles. The highest BCUT2D eigenvalue weighted by atomic mass is 35.5. The number of methoxy groups -OCH3 is 1. The number of para-hydroxylation sites is 2. The van der Waals surface area contributed by atoms with Crippen LogP contribution in [-0.2, 0) is 13.0 Å². The summed E-state index contributed by atoms with van der Waals surface area (Å²) in [5, 5.41) is 3.54. The first-order valence-corrected chi connectivity index (χ1v) is 11.6. The maximum absolute atomic E-state index is 12.2. The lowest BCUT2D eigenvalue weighted by Gasteiger charge is -2.10. The average Bonchev–Trinajstić information content (AvgIpc) is 3.18. The Hall–Kier alpha value is -3.31. The zero-order valence-corrected chi connectivity index (χ0v) is 19.5. The second-order valence-corrected chi connectivity index (χ2v) is 8.46. The molecule has 0 unspecified atom stereocenters. The van der Waals surface area contributed by atoms with Crippen molar-refractivity contribution in [1.82, 2.24) is 14.9 Å². The first-order valence-electron chi connectivity index (χ1n) is 11.2. The summed E-state index contributed by atoms with van der Waals surface area (Å²) in [7, 11) is 1.68. The van der Waals surface area contributed by atoms with E-state index in [0.717, 1.165) is 54.8 Å². The minimum atomic E-state index is -0.0845. The maximum Gasteiger partial charge on any atom is 0.251 e. The molecule has 1 amide bonds. The number of carbonyl (C=O) groups is 1. The van der Waals surface area contributed by atoms with Gasteiger partial charge < -0.3 is 14.6 Å². The Morgan fingerprint density at radius 3 is 2.61 bits per heavy atom. The number of hydrogen-bond donors (Lipinski definition) is 1. The van der Waals surface area contributed by atoms with E-state index >= 15 is 0 Å². The van der Waals surface area contributed by atoms with E-state index < -0.39 is 0 Å². The quantitative estimate of drug-likeness (QED) is 0.299. The number of unbranched alkanes of at least 4 members (excludes halogenated alkanes) is 2. The van der Waals surface area contributed by atoms with Gasteiger partial charge in [0.1, 0.15) is 11.6 Å². The fourth-order valence-corrected chi connectivity index (χ4v) is 4.12. The SMILES string of the molecule is COc1ccc(Cn2c(CCCCCNC(=O)c3cccc(Cl)c3)nc3ccccc32)cc1. The van der Waals surface area contributed by atoms with Crippen molar-refractivity contribution in [2.24, 2.45) is 0 Å². The largest absolute Gasteiger partial charge is 0.497 e. The van der Waals surface area contributed by atoms with Crippen molar-refractivity contribution >= 4 is 28.5 Å². The standard InChI is InChI=1S/C27H28ClN3O2/c1-33-23-15-13-20(14-16-23)19-31-25-11-5-4-10-24(25)30-26(31)12-3-2-6-17-29-27(32)21-8-7-9-22(28)18-21/h4-5,7-11,13-16,18H,2-3,6,12,17,19H2,1H3,(H,29,32). The normalized spacial score (nSPS) is 11.0. The first-order chi connectivity index (χ1) is 16.1. The molecule has 0 radical (unpaired) electrons. The van der Waals surface area contributed by atoms with Gasteiger partial charge in [-0.2, -0.15) is 0 Å². The van der Waals surface area contributed by atoms with Gasteiger partial charge in [0, 0.05) is 30.1 Å². The van der Waals surface area contributed by atoms with Gasteiger partial charge >= 0.3 is 0 Å². The van der Waals surface area contributed by atoms with Gasteiger partial charge in [-0.15, -0.1) is 0 Å². The minimum Gasteiger partial charge on any atom is -0.497 e. The van der Waals surface area contributed by atoms with Gasteiger partial charge in [-0.05, 0) is 60.9 Å². The number of halogens is 1. The van der Waals surface area contributed by atoms with E-state index in [9.17, 15) is 4.79 Å². The van der Waals surface area contributed by atoms with E-state index in [1.165, 1.54) is 5.56 Å². The van der Waals surface area contributed by atoms with Crippen LogP contribution < -0.4 is 10.1 Å². The van der Waals surface area contributed by atoms with E-state index in [4.69, 9.17) is 21.3 Å². The van der Waals surface area contributed by atoms with Crippen LogP contribution in [-0.4, -0.2) is 29.1 Å². The lowest BCUT2D eigenvalue weighted by Crippen LogP contribution is -2.24. The summed E-state index contributed by atoms with van der Waals surface area (Å²) in [6, 6.07) is 23.5. The molecule has 4 rings (SSSR count). The van der Waals surface area contributed by atoms with Crippen LogP contribution in [0.1, 0.15) is 41.0 Å². The van der Waals surface area contributed by atoms with Gasteiger partial charge in [-0.3, -0.25) is 4.79 Å². The molecule has 6 heteroatoms. The molecule has 4 aromatic rings. The Kier molecular flexibility index (Phi) is 7.63. The second-order valence-electron chi connectivity index (χ2n) is 8.03. The van der Waals surface area contributed by atoms with Gasteiger partial charge in [0.15, 0.2) is 0 Å². The molecule has 1 aromatic heterocycles. The number of nitrogens with zero attached hydrogens (tertiary/aromatic N) is 2. The molecule has 0 spiro atoms. The van der Waals surface area contributed by atoms with Gasteiger partial charge in [0.25, 0.3) is 5.91 Å². The van der Waals surface area contributed by atoms with Crippen molar-refractivity contribution in [2.45, 2.75) is 32.2 Å². The Labute approximate surface area is 199 Å². The molecule has 0 saturated carbocycles. The predicted octanol–water partition coefficient (Wildman–Crippen LogP) is 5.89. The summed E-state index contributed by atoms with van der Waals surface area (Å²) < 4.78 is 7.58. The van der Waals surface area contributed by atoms with Crippen molar-refractivity contribution < 1.29 is 9.53 Å². The number of benzene rings is 3. The van der Waals surface area contributed by atoms with Crippen LogP contribution in [0.5, 0.6) is 5.75 Å². The second kappa shape index (κ2) is 11.0. The zero-order valence-electron chi connectivity index (χ0n) is 18.8. The van der Waals surface area contributed by atoms with Crippen molar-refractivity contribution in [3.05, 3.63) is 94.8 Å². The number of aromatic nitrogens is 2. The Morgan fingerprint density at radius 1 is 1.00 bits per heavy atom. The molecule has 0 aliphatic rings. The van der Waals surface area contributed by atoms with E-state index in [1.807, 2.05) is 18.2 Å². The summed E-state index contributed by atoms with van der Waals surface area (Å²) in [6.07, 6.45) is 3.85. The average molecular weight is 462 g/mol. The van der Waals surface area contributed by atoms with Crippen molar-refractivity contribution in [1.29, 1.82) is 0 Å². The molecule has 170 valence electrons. The van der Waals surface area contributed by atoms with Gasteiger partial charge in [-0.25, -0.2) is 4.98 Å². The van der Waals surface area contributed by atoms with Crippen LogP contribution in [0, 0.1) is 0 Å². The molecule has 33 heavy (non-hydrogen) atoms. The highest BCUT2D eigenvalue weighted by Crippen LogP contribution is 2.21. The molecular weight excluding hydrogens is 434 g/mol. The summed E-state index contributed by atoms with van der Waals surface area (Å²) in [5.74, 6) is 1.87. The number of nitrogens with one attached hydrogen (secondary N) is 1. The van der Waals surface area contributed by atoms with Crippen LogP contribution in [0.3, 0.4) is 0 Å². The molecule has 0 fully saturated rings. The zero-order chi connectivity index (χ0) is 23.0. The summed E-state index contributed by atoms with van der Waals surface area (Å²) in [4.78, 5) is 17.1. The number of rotatable bonds is 10. The summed E-state index contributed by atoms with van der Waals surface area (Å²) in [6.45, 7) is 1.42. The van der Waals surface area contributed by atoms with Crippen molar-refractivity contribution in [2.75, 3.05) is 13.7 Å². The maximum atomic E-state index is 12.2. The fraction of sp³-hybridized carbons (Fsp3) is 0.259. The fourth-order valence-electron chi connectivity index (χ4n) is 3.92. The van der Waals surface area contributed by atoms with Crippen LogP contribution in [0.2, 0.25) is 5.02 Å². The number of imidazole rings is 1. The van der Waals surface area contributed by atoms with Crippen LogP contribution >= 0.6 is 11.6 Å². The Bertz CT molecular complexity index is 1220. The lowest BCUT2D eigenvalue weighted by atomic mass is 10.1. The van der Waals surface area contributed by atoms with Gasteiger partial charge in [-0.1, -0.05) is 48.4 Å². The van der Waals surface area contributed by atoms with Crippen molar-refractivity contribution in [3.8, 4) is 5.75 Å². The molecule has 1 heterocycles.